The molecule has 5 nitrogen and oxygen atoms in total. The second-order valence-electron chi connectivity index (χ2n) is 4.44. The fourth-order valence-corrected chi connectivity index (χ4v) is 1.53. The third-order valence-electron chi connectivity index (χ3n) is 2.24. The largest absolute Gasteiger partial charge is 0.372 e. The van der Waals surface area contributed by atoms with E-state index < -0.39 is 0 Å². The van der Waals surface area contributed by atoms with Crippen molar-refractivity contribution in [2.24, 2.45) is 0 Å². The molecule has 0 aliphatic rings. The summed E-state index contributed by atoms with van der Waals surface area (Å²) >= 11 is 0. The molecule has 0 fully saturated rings. The lowest BCUT2D eigenvalue weighted by molar-refractivity contribution is 0.366. The van der Waals surface area contributed by atoms with Crippen LogP contribution in [0.1, 0.15) is 20.8 Å². The topological polar surface area (TPSA) is 55.6 Å². The summed E-state index contributed by atoms with van der Waals surface area (Å²) in [6, 6.07) is 0. The van der Waals surface area contributed by atoms with Gasteiger partial charge in [-0.25, -0.2) is 14.6 Å². The smallest absolute Gasteiger partial charge is 0.163 e. The fraction of sp³-hybridized carbons (Fsp3) is 0.500. The Hall–Kier alpha value is -1.65. The standard InChI is InChI=1S/C10H15N5/c1-10(2,3)15-9-7(5-14-15)8(11-4)12-6-13-9/h5-6H,1-4H3,(H,11,12,13). The van der Waals surface area contributed by atoms with Crippen LogP contribution in [0.25, 0.3) is 11.0 Å². The maximum Gasteiger partial charge on any atom is 0.163 e. The van der Waals surface area contributed by atoms with Gasteiger partial charge in [0.15, 0.2) is 5.65 Å². The molecule has 0 aliphatic carbocycles. The highest BCUT2D eigenvalue weighted by Crippen LogP contribution is 2.23. The van der Waals surface area contributed by atoms with Crippen LogP contribution in [-0.2, 0) is 5.54 Å². The number of nitrogens with one attached hydrogen (secondary N) is 1. The molecule has 0 bridgehead atoms. The van der Waals surface area contributed by atoms with Crippen LogP contribution in [0.2, 0.25) is 0 Å². The number of anilines is 1. The van der Waals surface area contributed by atoms with Gasteiger partial charge in [-0.15, -0.1) is 0 Å². The van der Waals surface area contributed by atoms with Gasteiger partial charge in [-0.1, -0.05) is 0 Å². The first-order chi connectivity index (χ1) is 7.04. The molecule has 0 saturated heterocycles. The molecule has 5 heteroatoms. The molecular weight excluding hydrogens is 190 g/mol. The molecule has 1 N–H and O–H groups in total. The Labute approximate surface area is 88.5 Å². The van der Waals surface area contributed by atoms with E-state index in [2.05, 4.69) is 41.2 Å². The lowest BCUT2D eigenvalue weighted by atomic mass is 10.1. The van der Waals surface area contributed by atoms with Crippen molar-refractivity contribution in [1.82, 2.24) is 19.7 Å². The molecular formula is C10H15N5. The normalized spacial score (nSPS) is 12.0. The second kappa shape index (κ2) is 3.18. The molecule has 2 aromatic rings. The first-order valence-electron chi connectivity index (χ1n) is 4.91. The Bertz CT molecular complexity index is 480. The summed E-state index contributed by atoms with van der Waals surface area (Å²) in [5.41, 5.74) is 0.794. The molecule has 0 aliphatic heterocycles. The summed E-state index contributed by atoms with van der Waals surface area (Å²) in [6.07, 6.45) is 3.35. The molecule has 15 heavy (non-hydrogen) atoms. The average Bonchev–Trinajstić information content (AvgIpc) is 2.59. The van der Waals surface area contributed by atoms with Gasteiger partial charge in [0.05, 0.1) is 17.1 Å². The highest BCUT2D eigenvalue weighted by Gasteiger charge is 2.18. The van der Waals surface area contributed by atoms with Crippen LogP contribution in [0.5, 0.6) is 0 Å². The van der Waals surface area contributed by atoms with Crippen molar-refractivity contribution in [2.45, 2.75) is 26.3 Å². The highest BCUT2D eigenvalue weighted by molar-refractivity contribution is 5.86. The Morgan fingerprint density at radius 1 is 1.27 bits per heavy atom. The van der Waals surface area contributed by atoms with Crippen molar-refractivity contribution in [3.8, 4) is 0 Å². The minimum atomic E-state index is -0.0683. The zero-order valence-corrected chi connectivity index (χ0v) is 9.44. The van der Waals surface area contributed by atoms with Crippen LogP contribution in [0.15, 0.2) is 12.5 Å². The monoisotopic (exact) mass is 205 g/mol. The molecule has 0 amide bonds. The van der Waals surface area contributed by atoms with Crippen LogP contribution in [0.4, 0.5) is 5.82 Å². The van der Waals surface area contributed by atoms with Crippen LogP contribution in [0.3, 0.4) is 0 Å². The third kappa shape index (κ3) is 1.54. The molecule has 2 heterocycles. The van der Waals surface area contributed by atoms with Gasteiger partial charge in [-0.05, 0) is 20.8 Å². The van der Waals surface area contributed by atoms with Gasteiger partial charge in [0.25, 0.3) is 0 Å². The Morgan fingerprint density at radius 3 is 2.60 bits per heavy atom. The minimum Gasteiger partial charge on any atom is -0.372 e. The third-order valence-corrected chi connectivity index (χ3v) is 2.24. The van der Waals surface area contributed by atoms with Crippen LogP contribution in [-0.4, -0.2) is 26.8 Å². The van der Waals surface area contributed by atoms with Gasteiger partial charge >= 0.3 is 0 Å². The summed E-state index contributed by atoms with van der Waals surface area (Å²) < 4.78 is 1.91. The van der Waals surface area contributed by atoms with Gasteiger partial charge in [-0.3, -0.25) is 0 Å². The summed E-state index contributed by atoms with van der Waals surface area (Å²) in [6.45, 7) is 6.29. The van der Waals surface area contributed by atoms with Crippen molar-refractivity contribution < 1.29 is 0 Å². The zero-order chi connectivity index (χ0) is 11.1. The van der Waals surface area contributed by atoms with E-state index in [4.69, 9.17) is 0 Å². The molecule has 0 atom stereocenters. The number of fused-ring (bicyclic) bond motifs is 1. The van der Waals surface area contributed by atoms with Gasteiger partial charge in [0, 0.05) is 7.05 Å². The fourth-order valence-electron chi connectivity index (χ4n) is 1.53. The lowest BCUT2D eigenvalue weighted by Crippen LogP contribution is -2.23. The molecule has 2 rings (SSSR count). The molecule has 0 spiro atoms. The number of nitrogens with zero attached hydrogens (tertiary/aromatic N) is 4. The van der Waals surface area contributed by atoms with E-state index >= 15 is 0 Å². The van der Waals surface area contributed by atoms with E-state index in [0.29, 0.717) is 0 Å². The molecule has 2 aromatic heterocycles. The van der Waals surface area contributed by atoms with Gasteiger partial charge in [-0.2, -0.15) is 5.10 Å². The van der Waals surface area contributed by atoms with E-state index in [9.17, 15) is 0 Å². The predicted molar refractivity (Wildman–Crippen MR) is 59.9 cm³/mol. The van der Waals surface area contributed by atoms with Gasteiger partial charge < -0.3 is 5.32 Å². The van der Waals surface area contributed by atoms with E-state index in [1.54, 1.807) is 12.5 Å². The van der Waals surface area contributed by atoms with Crippen molar-refractivity contribution in [3.05, 3.63) is 12.5 Å². The summed E-state index contributed by atoms with van der Waals surface area (Å²) in [5, 5.41) is 8.33. The number of aromatic nitrogens is 4. The van der Waals surface area contributed by atoms with E-state index in [1.807, 2.05) is 11.7 Å². The van der Waals surface area contributed by atoms with Crippen LogP contribution < -0.4 is 5.32 Å². The van der Waals surface area contributed by atoms with E-state index in [0.717, 1.165) is 16.9 Å². The van der Waals surface area contributed by atoms with Crippen molar-refractivity contribution in [2.75, 3.05) is 12.4 Å². The quantitative estimate of drug-likeness (QED) is 0.768. The maximum atomic E-state index is 4.35. The van der Waals surface area contributed by atoms with E-state index in [1.165, 1.54) is 0 Å². The maximum absolute atomic E-state index is 4.35. The average molecular weight is 205 g/mol. The zero-order valence-electron chi connectivity index (χ0n) is 9.44. The summed E-state index contributed by atoms with van der Waals surface area (Å²) in [4.78, 5) is 8.41. The van der Waals surface area contributed by atoms with Crippen LogP contribution >= 0.6 is 0 Å². The van der Waals surface area contributed by atoms with Gasteiger partial charge in [0.2, 0.25) is 0 Å². The van der Waals surface area contributed by atoms with Crippen molar-refractivity contribution in [1.29, 1.82) is 0 Å². The second-order valence-corrected chi connectivity index (χ2v) is 4.44. The molecule has 0 saturated carbocycles. The first kappa shape index (κ1) is 9.89. The number of rotatable bonds is 1. The Kier molecular flexibility index (Phi) is 2.10. The SMILES string of the molecule is CNc1ncnc2c1cnn2C(C)(C)C. The Morgan fingerprint density at radius 2 is 2.00 bits per heavy atom. The number of hydrogen-bond donors (Lipinski definition) is 1. The minimum absolute atomic E-state index is 0.0683. The molecule has 0 radical (unpaired) electrons. The first-order valence-corrected chi connectivity index (χ1v) is 4.91. The summed E-state index contributed by atoms with van der Waals surface area (Å²) in [7, 11) is 1.84. The van der Waals surface area contributed by atoms with Crippen molar-refractivity contribution in [3.63, 3.8) is 0 Å². The summed E-state index contributed by atoms with van der Waals surface area (Å²) in [5.74, 6) is 0.815. The molecule has 0 unspecified atom stereocenters. The van der Waals surface area contributed by atoms with Crippen LogP contribution in [0, 0.1) is 0 Å². The lowest BCUT2D eigenvalue weighted by Gasteiger charge is -2.19. The van der Waals surface area contributed by atoms with E-state index in [-0.39, 0.29) is 5.54 Å². The number of hydrogen-bond acceptors (Lipinski definition) is 4. The molecule has 80 valence electrons. The highest BCUT2D eigenvalue weighted by atomic mass is 15.3. The predicted octanol–water partition coefficient (Wildman–Crippen LogP) is 1.62. The Balaban J connectivity index is 2.72. The molecule has 0 aromatic carbocycles. The van der Waals surface area contributed by atoms with Crippen molar-refractivity contribution >= 4 is 16.9 Å². The van der Waals surface area contributed by atoms with Gasteiger partial charge in [0.1, 0.15) is 12.1 Å².